The van der Waals surface area contributed by atoms with Gasteiger partial charge in [-0.25, -0.2) is 22.9 Å². The van der Waals surface area contributed by atoms with Crippen LogP contribution >= 0.6 is 34.3 Å². The maximum Gasteiger partial charge on any atom is 0.329 e. The standard InChI is InChI=1S/C17H17ClN4O3S3/c18-15-3-1-13(26-15)14-2-4-16(27-14)28(24,25)20-9-12-5-7-21(10-12)17(23)22-8-6-19-11-22/h1-4,6,8,11-12,20H,5,7,9-10H2/t12-/m0/s1. The Balaban J connectivity index is 1.36. The Bertz CT molecular complexity index is 1080. The van der Waals surface area contributed by atoms with Gasteiger partial charge in [-0.05, 0) is 36.6 Å². The summed E-state index contributed by atoms with van der Waals surface area (Å²) in [5.74, 6) is 0.0813. The van der Waals surface area contributed by atoms with Crippen LogP contribution in [0.1, 0.15) is 6.42 Å². The Hall–Kier alpha value is -1.72. The van der Waals surface area contributed by atoms with E-state index in [0.717, 1.165) is 16.2 Å². The number of rotatable bonds is 5. The number of hydrogen-bond acceptors (Lipinski definition) is 6. The predicted octanol–water partition coefficient (Wildman–Crippen LogP) is 3.60. The molecule has 28 heavy (non-hydrogen) atoms. The van der Waals surface area contributed by atoms with Crippen LogP contribution in [-0.4, -0.2) is 48.5 Å². The van der Waals surface area contributed by atoms with Crippen LogP contribution in [0.3, 0.4) is 0 Å². The molecular weight excluding hydrogens is 440 g/mol. The molecule has 0 aliphatic carbocycles. The Labute approximate surface area is 175 Å². The quantitative estimate of drug-likeness (QED) is 0.635. The molecule has 0 radical (unpaired) electrons. The van der Waals surface area contributed by atoms with Crippen LogP contribution in [0.5, 0.6) is 0 Å². The fourth-order valence-corrected chi connectivity index (χ4v) is 6.65. The highest BCUT2D eigenvalue weighted by Gasteiger charge is 2.28. The molecule has 1 saturated heterocycles. The maximum absolute atomic E-state index is 12.6. The lowest BCUT2D eigenvalue weighted by atomic mass is 10.1. The highest BCUT2D eigenvalue weighted by Crippen LogP contribution is 2.36. The monoisotopic (exact) mass is 456 g/mol. The number of sulfonamides is 1. The first kappa shape index (κ1) is 19.6. The van der Waals surface area contributed by atoms with Crippen molar-refractivity contribution in [3.05, 3.63) is 47.3 Å². The molecule has 0 bridgehead atoms. The summed E-state index contributed by atoms with van der Waals surface area (Å²) in [6.45, 7) is 1.42. The number of nitrogens with zero attached hydrogens (tertiary/aromatic N) is 3. The van der Waals surface area contributed by atoms with Gasteiger partial charge in [-0.1, -0.05) is 11.6 Å². The fourth-order valence-electron chi connectivity index (χ4n) is 3.05. The number of hydrogen-bond donors (Lipinski definition) is 1. The first-order valence-electron chi connectivity index (χ1n) is 8.55. The van der Waals surface area contributed by atoms with Gasteiger partial charge in [0.1, 0.15) is 10.5 Å². The second-order valence-electron chi connectivity index (χ2n) is 6.43. The van der Waals surface area contributed by atoms with E-state index in [1.807, 2.05) is 6.07 Å². The van der Waals surface area contributed by atoms with Crippen LogP contribution in [-0.2, 0) is 10.0 Å². The minimum absolute atomic E-state index is 0.0813. The first-order chi connectivity index (χ1) is 13.4. The first-order valence-corrected chi connectivity index (χ1v) is 12.0. The van der Waals surface area contributed by atoms with Crippen molar-refractivity contribution in [1.29, 1.82) is 0 Å². The molecule has 0 aromatic carbocycles. The van der Waals surface area contributed by atoms with E-state index in [-0.39, 0.29) is 16.2 Å². The Kier molecular flexibility index (Phi) is 5.57. The normalized spacial score (nSPS) is 17.3. The number of aromatic nitrogens is 2. The molecule has 0 spiro atoms. The number of halogens is 1. The number of carbonyl (C=O) groups excluding carboxylic acids is 1. The zero-order chi connectivity index (χ0) is 19.7. The summed E-state index contributed by atoms with van der Waals surface area (Å²) in [6.07, 6.45) is 5.38. The molecule has 1 aliphatic heterocycles. The molecule has 1 aliphatic rings. The summed E-state index contributed by atoms with van der Waals surface area (Å²) in [6, 6.07) is 6.94. The van der Waals surface area contributed by atoms with Crippen molar-refractivity contribution in [2.45, 2.75) is 10.6 Å². The van der Waals surface area contributed by atoms with E-state index in [4.69, 9.17) is 11.6 Å². The van der Waals surface area contributed by atoms with E-state index in [1.165, 1.54) is 33.6 Å². The van der Waals surface area contributed by atoms with Crippen LogP contribution < -0.4 is 4.72 Å². The van der Waals surface area contributed by atoms with Gasteiger partial charge in [-0.15, -0.1) is 22.7 Å². The third kappa shape index (κ3) is 4.15. The van der Waals surface area contributed by atoms with Crippen LogP contribution in [0.2, 0.25) is 4.34 Å². The Morgan fingerprint density at radius 1 is 1.25 bits per heavy atom. The van der Waals surface area contributed by atoms with Crippen molar-refractivity contribution in [2.24, 2.45) is 5.92 Å². The van der Waals surface area contributed by atoms with Gasteiger partial charge in [-0.2, -0.15) is 0 Å². The molecule has 0 unspecified atom stereocenters. The second-order valence-corrected chi connectivity index (χ2v) is 11.2. The van der Waals surface area contributed by atoms with Crippen molar-refractivity contribution >= 4 is 50.3 Å². The van der Waals surface area contributed by atoms with Crippen LogP contribution in [0.15, 0.2) is 47.2 Å². The van der Waals surface area contributed by atoms with E-state index in [0.29, 0.717) is 24.0 Å². The molecule has 3 aromatic rings. The molecule has 1 atom stereocenters. The van der Waals surface area contributed by atoms with Crippen LogP contribution in [0, 0.1) is 5.92 Å². The van der Waals surface area contributed by atoms with Crippen molar-refractivity contribution in [2.75, 3.05) is 19.6 Å². The van der Waals surface area contributed by atoms with E-state index in [9.17, 15) is 13.2 Å². The van der Waals surface area contributed by atoms with Crippen molar-refractivity contribution in [3.8, 4) is 9.75 Å². The van der Waals surface area contributed by atoms with Gasteiger partial charge >= 0.3 is 6.03 Å². The topological polar surface area (TPSA) is 84.3 Å². The fraction of sp³-hybridized carbons (Fsp3) is 0.294. The average Bonchev–Trinajstić information content (AvgIpc) is 3.46. The maximum atomic E-state index is 12.6. The minimum Gasteiger partial charge on any atom is -0.324 e. The molecule has 1 N–H and O–H groups in total. The van der Waals surface area contributed by atoms with E-state index in [1.54, 1.807) is 35.5 Å². The van der Waals surface area contributed by atoms with Crippen LogP contribution in [0.4, 0.5) is 4.79 Å². The Morgan fingerprint density at radius 2 is 2.04 bits per heavy atom. The van der Waals surface area contributed by atoms with Crippen LogP contribution in [0.25, 0.3) is 9.75 Å². The van der Waals surface area contributed by atoms with Gasteiger partial charge in [0.15, 0.2) is 0 Å². The number of nitrogens with one attached hydrogen (secondary N) is 1. The molecule has 3 aromatic heterocycles. The molecular formula is C17H17ClN4O3S3. The van der Waals surface area contributed by atoms with Gasteiger partial charge in [0.05, 0.1) is 4.34 Å². The largest absolute Gasteiger partial charge is 0.329 e. The SMILES string of the molecule is O=C(N1CC[C@@H](CNS(=O)(=O)c2ccc(-c3ccc(Cl)s3)s2)C1)n1ccnc1. The predicted molar refractivity (Wildman–Crippen MR) is 111 cm³/mol. The summed E-state index contributed by atoms with van der Waals surface area (Å²) in [5.41, 5.74) is 0. The summed E-state index contributed by atoms with van der Waals surface area (Å²) in [4.78, 5) is 19.7. The third-order valence-electron chi connectivity index (χ3n) is 4.51. The van der Waals surface area contributed by atoms with Gasteiger partial charge in [0.2, 0.25) is 10.0 Å². The van der Waals surface area contributed by atoms with E-state index < -0.39 is 10.0 Å². The second kappa shape index (κ2) is 7.96. The molecule has 1 fully saturated rings. The van der Waals surface area contributed by atoms with Crippen molar-refractivity contribution in [3.63, 3.8) is 0 Å². The molecule has 7 nitrogen and oxygen atoms in total. The minimum atomic E-state index is -3.59. The van der Waals surface area contributed by atoms with E-state index in [2.05, 4.69) is 9.71 Å². The average molecular weight is 457 g/mol. The molecule has 11 heteroatoms. The number of amides is 1. The lowest BCUT2D eigenvalue weighted by Gasteiger charge is -2.16. The number of carbonyl (C=O) groups is 1. The molecule has 148 valence electrons. The highest BCUT2D eigenvalue weighted by atomic mass is 35.5. The van der Waals surface area contributed by atoms with Gasteiger partial charge in [0.25, 0.3) is 0 Å². The highest BCUT2D eigenvalue weighted by molar-refractivity contribution is 7.91. The third-order valence-corrected chi connectivity index (χ3v) is 8.93. The van der Waals surface area contributed by atoms with Crippen molar-refractivity contribution in [1.82, 2.24) is 19.2 Å². The summed E-state index contributed by atoms with van der Waals surface area (Å²) < 4.78 is 30.3. The van der Waals surface area contributed by atoms with Gasteiger partial charge in [0, 0.05) is 41.8 Å². The number of imidazole rings is 1. The van der Waals surface area contributed by atoms with Gasteiger partial charge in [-0.3, -0.25) is 4.57 Å². The molecule has 1 amide bonds. The zero-order valence-electron chi connectivity index (χ0n) is 14.6. The number of thiophene rings is 2. The smallest absolute Gasteiger partial charge is 0.324 e. The molecule has 4 heterocycles. The molecule has 0 saturated carbocycles. The van der Waals surface area contributed by atoms with Gasteiger partial charge < -0.3 is 4.90 Å². The zero-order valence-corrected chi connectivity index (χ0v) is 17.8. The van der Waals surface area contributed by atoms with Crippen molar-refractivity contribution < 1.29 is 13.2 Å². The summed E-state index contributed by atoms with van der Waals surface area (Å²) in [5, 5.41) is 0. The van der Waals surface area contributed by atoms with E-state index >= 15 is 0 Å². The Morgan fingerprint density at radius 3 is 2.75 bits per heavy atom. The molecule has 4 rings (SSSR count). The summed E-state index contributed by atoms with van der Waals surface area (Å²) in [7, 11) is -3.59. The lowest BCUT2D eigenvalue weighted by Crippen LogP contribution is -2.34. The lowest BCUT2D eigenvalue weighted by molar-refractivity contribution is 0.209. The number of likely N-dealkylation sites (tertiary alicyclic amines) is 1. The summed E-state index contributed by atoms with van der Waals surface area (Å²) >= 11 is 8.59.